The van der Waals surface area contributed by atoms with Gasteiger partial charge in [-0.25, -0.2) is 0 Å². The largest absolute Gasteiger partial charge is 0.494 e. The first-order valence-electron chi connectivity index (χ1n) is 11.8. The molecule has 1 saturated carbocycles. The fraction of sp³-hybridized carbons (Fsp3) is 0.385. The molecule has 0 unspecified atom stereocenters. The van der Waals surface area contributed by atoms with Crippen LogP contribution in [0.2, 0.25) is 0 Å². The molecular weight excluding hydrogens is 430 g/mol. The molecule has 0 spiro atoms. The maximum atomic E-state index is 13.4. The molecule has 8 heteroatoms. The summed E-state index contributed by atoms with van der Waals surface area (Å²) in [5.41, 5.74) is 10.2. The Bertz CT molecular complexity index is 1300. The average Bonchev–Trinajstić information content (AvgIpc) is 3.59. The van der Waals surface area contributed by atoms with Crippen LogP contribution in [0.3, 0.4) is 0 Å². The van der Waals surface area contributed by atoms with Crippen molar-refractivity contribution in [1.29, 1.82) is 5.26 Å². The fourth-order valence-corrected chi connectivity index (χ4v) is 4.95. The van der Waals surface area contributed by atoms with E-state index in [1.807, 2.05) is 18.2 Å². The quantitative estimate of drug-likeness (QED) is 0.309. The van der Waals surface area contributed by atoms with Crippen molar-refractivity contribution >= 4 is 28.3 Å². The molecule has 1 amide bonds. The maximum Gasteiger partial charge on any atom is 0.256 e. The SMILES string of the molecule is N#CCCCOc1ccc2c(c1)CN(C(=O)c1cc3c(C(=O)C4CCCC4)n[nH]c3cc1N)C2. The molecule has 1 aromatic heterocycles. The van der Waals surface area contributed by atoms with Gasteiger partial charge in [-0.05, 0) is 54.7 Å². The van der Waals surface area contributed by atoms with Crippen molar-refractivity contribution in [3.63, 3.8) is 0 Å². The van der Waals surface area contributed by atoms with Crippen molar-refractivity contribution in [3.8, 4) is 11.8 Å². The van der Waals surface area contributed by atoms with Crippen LogP contribution in [-0.4, -0.2) is 33.4 Å². The van der Waals surface area contributed by atoms with E-state index in [0.29, 0.717) is 60.4 Å². The molecule has 2 aromatic carbocycles. The summed E-state index contributed by atoms with van der Waals surface area (Å²) in [5, 5.41) is 16.5. The number of aromatic amines is 1. The van der Waals surface area contributed by atoms with E-state index in [4.69, 9.17) is 15.7 Å². The summed E-state index contributed by atoms with van der Waals surface area (Å²) >= 11 is 0. The highest BCUT2D eigenvalue weighted by molar-refractivity contribution is 6.11. The number of fused-ring (bicyclic) bond motifs is 2. The highest BCUT2D eigenvalue weighted by Crippen LogP contribution is 2.33. The number of nitrogen functional groups attached to an aromatic ring is 1. The molecule has 3 aromatic rings. The van der Waals surface area contributed by atoms with Crippen LogP contribution in [0, 0.1) is 17.2 Å². The van der Waals surface area contributed by atoms with E-state index in [0.717, 1.165) is 42.6 Å². The smallest absolute Gasteiger partial charge is 0.256 e. The molecule has 5 rings (SSSR count). The Kier molecular flexibility index (Phi) is 5.93. The molecule has 1 aliphatic heterocycles. The van der Waals surface area contributed by atoms with Gasteiger partial charge in [0.2, 0.25) is 0 Å². The van der Waals surface area contributed by atoms with E-state index in [2.05, 4.69) is 16.3 Å². The lowest BCUT2D eigenvalue weighted by molar-refractivity contribution is 0.0752. The van der Waals surface area contributed by atoms with Crippen molar-refractivity contribution in [2.45, 2.75) is 51.6 Å². The molecule has 0 radical (unpaired) electrons. The van der Waals surface area contributed by atoms with Gasteiger partial charge in [-0.15, -0.1) is 0 Å². The Morgan fingerprint density at radius 1 is 1.18 bits per heavy atom. The predicted octanol–water partition coefficient (Wildman–Crippen LogP) is 4.36. The van der Waals surface area contributed by atoms with Crippen LogP contribution in [-0.2, 0) is 13.1 Å². The fourth-order valence-electron chi connectivity index (χ4n) is 4.95. The number of ether oxygens (including phenoxy) is 1. The molecule has 0 bridgehead atoms. The Labute approximate surface area is 197 Å². The van der Waals surface area contributed by atoms with Gasteiger partial charge >= 0.3 is 0 Å². The van der Waals surface area contributed by atoms with Crippen molar-refractivity contribution in [2.24, 2.45) is 5.92 Å². The summed E-state index contributed by atoms with van der Waals surface area (Å²) in [7, 11) is 0. The van der Waals surface area contributed by atoms with Gasteiger partial charge in [0.1, 0.15) is 11.4 Å². The normalized spacial score (nSPS) is 15.4. The average molecular weight is 458 g/mol. The van der Waals surface area contributed by atoms with Crippen LogP contribution in [0.5, 0.6) is 5.75 Å². The molecule has 2 heterocycles. The first-order chi connectivity index (χ1) is 16.5. The summed E-state index contributed by atoms with van der Waals surface area (Å²) in [5.74, 6) is 0.614. The number of nitrogens with zero attached hydrogens (tertiary/aromatic N) is 3. The number of hydrogen-bond donors (Lipinski definition) is 2. The minimum atomic E-state index is -0.174. The number of nitrogens with one attached hydrogen (secondary N) is 1. The minimum absolute atomic E-state index is 0.00704. The second kappa shape index (κ2) is 9.18. The lowest BCUT2D eigenvalue weighted by Crippen LogP contribution is -2.26. The first-order valence-corrected chi connectivity index (χ1v) is 11.8. The summed E-state index contributed by atoms with van der Waals surface area (Å²) < 4.78 is 5.73. The number of ketones is 1. The molecular formula is C26H27N5O3. The zero-order valence-corrected chi connectivity index (χ0v) is 19.0. The number of Topliss-reactive ketones (excluding diaryl/α,β-unsaturated/α-hetero) is 1. The number of unbranched alkanes of at least 4 members (excludes halogenated alkanes) is 1. The zero-order valence-electron chi connectivity index (χ0n) is 19.0. The number of carbonyl (C=O) groups is 2. The molecule has 0 atom stereocenters. The van der Waals surface area contributed by atoms with Crippen molar-refractivity contribution < 1.29 is 14.3 Å². The van der Waals surface area contributed by atoms with E-state index in [1.165, 1.54) is 0 Å². The topological polar surface area (TPSA) is 125 Å². The van der Waals surface area contributed by atoms with E-state index in [9.17, 15) is 9.59 Å². The number of benzene rings is 2. The number of nitriles is 1. The Morgan fingerprint density at radius 2 is 1.97 bits per heavy atom. The Hall–Kier alpha value is -3.86. The van der Waals surface area contributed by atoms with Crippen LogP contribution in [0.1, 0.15) is 70.5 Å². The van der Waals surface area contributed by atoms with Gasteiger partial charge in [-0.1, -0.05) is 18.9 Å². The van der Waals surface area contributed by atoms with Gasteiger partial charge in [0.25, 0.3) is 5.91 Å². The zero-order chi connectivity index (χ0) is 23.7. The van der Waals surface area contributed by atoms with E-state index < -0.39 is 0 Å². The van der Waals surface area contributed by atoms with Gasteiger partial charge in [0, 0.05) is 36.5 Å². The van der Waals surface area contributed by atoms with Crippen LogP contribution >= 0.6 is 0 Å². The number of carbonyl (C=O) groups excluding carboxylic acids is 2. The lowest BCUT2D eigenvalue weighted by Gasteiger charge is -2.17. The van der Waals surface area contributed by atoms with Crippen molar-refractivity contribution in [3.05, 3.63) is 52.7 Å². The summed E-state index contributed by atoms with van der Waals surface area (Å²) in [6.45, 7) is 1.43. The monoisotopic (exact) mass is 457 g/mol. The maximum absolute atomic E-state index is 13.4. The number of aromatic nitrogens is 2. The van der Waals surface area contributed by atoms with Crippen molar-refractivity contribution in [2.75, 3.05) is 12.3 Å². The first kappa shape index (κ1) is 22.0. The standard InChI is InChI=1S/C26H27N5O3/c27-9-3-4-10-34-19-8-7-17-14-31(15-18(17)11-19)26(33)20-12-21-23(13-22(20)28)29-30-24(21)25(32)16-5-1-2-6-16/h7-8,11-13,16H,1-6,10,14-15,28H2,(H,29,30). The van der Waals surface area contributed by atoms with Gasteiger partial charge in [-0.2, -0.15) is 10.4 Å². The third kappa shape index (κ3) is 4.10. The van der Waals surface area contributed by atoms with E-state index in [-0.39, 0.29) is 17.6 Å². The molecule has 2 aliphatic rings. The Morgan fingerprint density at radius 3 is 2.76 bits per heavy atom. The van der Waals surface area contributed by atoms with Crippen LogP contribution in [0.4, 0.5) is 5.69 Å². The molecule has 0 saturated heterocycles. The second-order valence-corrected chi connectivity index (χ2v) is 9.10. The number of anilines is 1. The van der Waals surface area contributed by atoms with Gasteiger partial charge in [0.05, 0.1) is 23.8 Å². The molecule has 174 valence electrons. The lowest BCUT2D eigenvalue weighted by atomic mass is 9.97. The summed E-state index contributed by atoms with van der Waals surface area (Å²) in [4.78, 5) is 28.2. The summed E-state index contributed by atoms with van der Waals surface area (Å²) in [6, 6.07) is 11.3. The summed E-state index contributed by atoms with van der Waals surface area (Å²) in [6.07, 6.45) is 5.06. The second-order valence-electron chi connectivity index (χ2n) is 9.10. The van der Waals surface area contributed by atoms with E-state index >= 15 is 0 Å². The highest BCUT2D eigenvalue weighted by atomic mass is 16.5. The van der Waals surface area contributed by atoms with Gasteiger partial charge in [0.15, 0.2) is 5.78 Å². The number of rotatable bonds is 7. The number of amides is 1. The third-order valence-electron chi connectivity index (χ3n) is 6.81. The minimum Gasteiger partial charge on any atom is -0.494 e. The molecule has 3 N–H and O–H groups in total. The van der Waals surface area contributed by atoms with E-state index in [1.54, 1.807) is 17.0 Å². The van der Waals surface area contributed by atoms with Crippen LogP contribution in [0.15, 0.2) is 30.3 Å². The third-order valence-corrected chi connectivity index (χ3v) is 6.81. The number of hydrogen-bond acceptors (Lipinski definition) is 6. The number of nitrogens with two attached hydrogens (primary N) is 1. The number of H-pyrrole nitrogens is 1. The highest BCUT2D eigenvalue weighted by Gasteiger charge is 2.29. The Balaban J connectivity index is 1.35. The van der Waals surface area contributed by atoms with Crippen LogP contribution in [0.25, 0.3) is 10.9 Å². The molecule has 1 aliphatic carbocycles. The molecule has 8 nitrogen and oxygen atoms in total. The van der Waals surface area contributed by atoms with Crippen LogP contribution < -0.4 is 10.5 Å². The molecule has 34 heavy (non-hydrogen) atoms. The molecule has 1 fully saturated rings. The van der Waals surface area contributed by atoms with Crippen molar-refractivity contribution in [1.82, 2.24) is 15.1 Å². The van der Waals surface area contributed by atoms with Gasteiger partial charge in [-0.3, -0.25) is 14.7 Å². The predicted molar refractivity (Wildman–Crippen MR) is 127 cm³/mol. The van der Waals surface area contributed by atoms with Gasteiger partial charge < -0.3 is 15.4 Å².